The van der Waals surface area contributed by atoms with Crippen LogP contribution in [0.1, 0.15) is 60.5 Å². The quantitative estimate of drug-likeness (QED) is 0.885. The van der Waals surface area contributed by atoms with Gasteiger partial charge in [-0.15, -0.1) is 0 Å². The normalized spacial score (nSPS) is 17.2. The van der Waals surface area contributed by atoms with Gasteiger partial charge in [-0.3, -0.25) is 4.79 Å². The maximum atomic E-state index is 12.9. The Balaban J connectivity index is 1.85. The highest BCUT2D eigenvalue weighted by Gasteiger charge is 2.30. The van der Waals surface area contributed by atoms with E-state index in [0.29, 0.717) is 5.92 Å². The lowest BCUT2D eigenvalue weighted by Crippen LogP contribution is -2.37. The fourth-order valence-electron chi connectivity index (χ4n) is 3.40. The average Bonchev–Trinajstić information content (AvgIpc) is 3.22. The molecule has 2 aromatic heterocycles. The molecule has 1 amide bonds. The van der Waals surface area contributed by atoms with Crippen LogP contribution < -0.4 is 5.32 Å². The molecule has 24 heavy (non-hydrogen) atoms. The highest BCUT2D eigenvalue weighted by atomic mass is 16.5. The first-order valence-corrected chi connectivity index (χ1v) is 8.61. The van der Waals surface area contributed by atoms with Crippen molar-refractivity contribution in [3.63, 3.8) is 0 Å². The minimum atomic E-state index is -0.101. The van der Waals surface area contributed by atoms with Gasteiger partial charge in [-0.1, -0.05) is 13.8 Å². The van der Waals surface area contributed by atoms with Gasteiger partial charge in [0, 0.05) is 44.5 Å². The van der Waals surface area contributed by atoms with Gasteiger partial charge >= 0.3 is 0 Å². The Labute approximate surface area is 142 Å². The highest BCUT2D eigenvalue weighted by molar-refractivity contribution is 5.95. The predicted octanol–water partition coefficient (Wildman–Crippen LogP) is 2.77. The first-order chi connectivity index (χ1) is 11.6. The van der Waals surface area contributed by atoms with Gasteiger partial charge in [0.25, 0.3) is 5.91 Å². The molecule has 6 nitrogen and oxygen atoms in total. The number of aromatic amines is 1. The van der Waals surface area contributed by atoms with Gasteiger partial charge in [0.05, 0.1) is 11.6 Å². The first kappa shape index (κ1) is 16.8. The first-order valence-electron chi connectivity index (χ1n) is 8.61. The Bertz CT molecular complexity index is 683. The third-order valence-electron chi connectivity index (χ3n) is 4.76. The summed E-state index contributed by atoms with van der Waals surface area (Å²) in [5, 5.41) is 3.23. The Morgan fingerprint density at radius 3 is 2.79 bits per heavy atom. The van der Waals surface area contributed by atoms with Crippen LogP contribution in [0.25, 0.3) is 0 Å². The molecule has 0 bridgehead atoms. The molecule has 1 fully saturated rings. The van der Waals surface area contributed by atoms with E-state index in [-0.39, 0.29) is 17.9 Å². The van der Waals surface area contributed by atoms with E-state index in [1.807, 2.05) is 30.1 Å². The molecular weight excluding hydrogens is 304 g/mol. The molecule has 0 spiro atoms. The van der Waals surface area contributed by atoms with Gasteiger partial charge in [0.15, 0.2) is 0 Å². The number of carbonyl (C=O) groups is 1. The van der Waals surface area contributed by atoms with Crippen molar-refractivity contribution >= 4 is 5.91 Å². The second kappa shape index (κ2) is 7.21. The molecule has 2 aromatic rings. The molecule has 130 valence electrons. The molecule has 6 heteroatoms. The van der Waals surface area contributed by atoms with Gasteiger partial charge in [0.2, 0.25) is 0 Å². The molecule has 0 aliphatic carbocycles. The van der Waals surface area contributed by atoms with Gasteiger partial charge in [-0.05, 0) is 30.7 Å². The standard InChI is InChI=1S/C18H26N4O2/c1-12(2)15-14(4-7-19-15)18(23)21-16(13-5-10-24-11-6-13)17-20-8-9-22(17)3/h4,7-9,12-13,16,19H,5-6,10-11H2,1-3H3,(H,21,23). The Hall–Kier alpha value is -2.08. The lowest BCUT2D eigenvalue weighted by molar-refractivity contribution is 0.0499. The van der Waals surface area contributed by atoms with Crippen LogP contribution in [0.5, 0.6) is 0 Å². The molecule has 0 saturated carbocycles. The van der Waals surface area contributed by atoms with E-state index >= 15 is 0 Å². The molecule has 3 heterocycles. The second-order valence-electron chi connectivity index (χ2n) is 6.76. The zero-order valence-electron chi connectivity index (χ0n) is 14.6. The maximum Gasteiger partial charge on any atom is 0.253 e. The average molecular weight is 330 g/mol. The lowest BCUT2D eigenvalue weighted by Gasteiger charge is -2.30. The van der Waals surface area contributed by atoms with Crippen LogP contribution in [0.2, 0.25) is 0 Å². The molecule has 1 atom stereocenters. The molecule has 1 unspecified atom stereocenters. The van der Waals surface area contributed by atoms with Gasteiger partial charge in [-0.2, -0.15) is 0 Å². The number of hydrogen-bond donors (Lipinski definition) is 2. The summed E-state index contributed by atoms with van der Waals surface area (Å²) in [6.07, 6.45) is 7.39. The summed E-state index contributed by atoms with van der Waals surface area (Å²) in [7, 11) is 1.97. The lowest BCUT2D eigenvalue weighted by atomic mass is 9.90. The van der Waals surface area contributed by atoms with E-state index in [1.54, 1.807) is 6.20 Å². The van der Waals surface area contributed by atoms with Crippen LogP contribution in [0.15, 0.2) is 24.7 Å². The van der Waals surface area contributed by atoms with Crippen LogP contribution in [-0.2, 0) is 11.8 Å². The fourth-order valence-corrected chi connectivity index (χ4v) is 3.40. The van der Waals surface area contributed by atoms with Crippen molar-refractivity contribution in [3.05, 3.63) is 41.7 Å². The summed E-state index contributed by atoms with van der Waals surface area (Å²) in [5.74, 6) is 1.47. The zero-order valence-corrected chi connectivity index (χ0v) is 14.6. The second-order valence-corrected chi connectivity index (χ2v) is 6.76. The third-order valence-corrected chi connectivity index (χ3v) is 4.76. The van der Waals surface area contributed by atoms with E-state index in [4.69, 9.17) is 4.74 Å². The number of H-pyrrole nitrogens is 1. The van der Waals surface area contributed by atoms with E-state index < -0.39 is 0 Å². The van der Waals surface area contributed by atoms with Crippen LogP contribution in [-0.4, -0.2) is 33.7 Å². The Morgan fingerprint density at radius 1 is 1.42 bits per heavy atom. The summed E-state index contributed by atoms with van der Waals surface area (Å²) in [5.41, 5.74) is 1.69. The molecule has 0 radical (unpaired) electrons. The summed E-state index contributed by atoms with van der Waals surface area (Å²) in [6.45, 7) is 5.64. The molecule has 1 aliphatic rings. The highest BCUT2D eigenvalue weighted by Crippen LogP contribution is 2.30. The Kier molecular flexibility index (Phi) is 5.04. The largest absolute Gasteiger partial charge is 0.381 e. The van der Waals surface area contributed by atoms with Gasteiger partial charge in [0.1, 0.15) is 5.82 Å². The summed E-state index contributed by atoms with van der Waals surface area (Å²) in [4.78, 5) is 20.6. The van der Waals surface area contributed by atoms with E-state index in [1.165, 1.54) is 0 Å². The number of hydrogen-bond acceptors (Lipinski definition) is 3. The number of nitrogens with zero attached hydrogens (tertiary/aromatic N) is 2. The molecule has 3 rings (SSSR count). The number of imidazole rings is 1. The molecule has 0 aromatic carbocycles. The van der Waals surface area contributed by atoms with Crippen molar-refractivity contribution < 1.29 is 9.53 Å². The van der Waals surface area contributed by atoms with E-state index in [0.717, 1.165) is 43.1 Å². The van der Waals surface area contributed by atoms with Crippen molar-refractivity contribution in [3.8, 4) is 0 Å². The van der Waals surface area contributed by atoms with Gasteiger partial charge < -0.3 is 19.6 Å². The van der Waals surface area contributed by atoms with E-state index in [9.17, 15) is 4.79 Å². The number of aromatic nitrogens is 3. The minimum absolute atomic E-state index is 0.0422. The number of amides is 1. The number of carbonyl (C=O) groups excluding carboxylic acids is 1. The number of aryl methyl sites for hydroxylation is 1. The topological polar surface area (TPSA) is 71.9 Å². The third kappa shape index (κ3) is 3.38. The van der Waals surface area contributed by atoms with Gasteiger partial charge in [-0.25, -0.2) is 4.98 Å². The molecule has 1 saturated heterocycles. The van der Waals surface area contributed by atoms with Crippen LogP contribution in [0.4, 0.5) is 0 Å². The number of nitrogens with one attached hydrogen (secondary N) is 2. The minimum Gasteiger partial charge on any atom is -0.381 e. The predicted molar refractivity (Wildman–Crippen MR) is 91.8 cm³/mol. The monoisotopic (exact) mass is 330 g/mol. The number of ether oxygens (including phenoxy) is 1. The maximum absolute atomic E-state index is 12.9. The zero-order chi connectivity index (χ0) is 17.1. The Morgan fingerprint density at radius 2 is 2.17 bits per heavy atom. The van der Waals surface area contributed by atoms with Crippen LogP contribution in [0.3, 0.4) is 0 Å². The van der Waals surface area contributed by atoms with Crippen LogP contribution in [0, 0.1) is 5.92 Å². The van der Waals surface area contributed by atoms with E-state index in [2.05, 4.69) is 29.1 Å². The molecule has 2 N–H and O–H groups in total. The number of rotatable bonds is 5. The fraction of sp³-hybridized carbons (Fsp3) is 0.556. The van der Waals surface area contributed by atoms with Crippen molar-refractivity contribution in [2.75, 3.05) is 13.2 Å². The van der Waals surface area contributed by atoms with Crippen molar-refractivity contribution in [1.82, 2.24) is 19.9 Å². The smallest absolute Gasteiger partial charge is 0.253 e. The van der Waals surface area contributed by atoms with Crippen LogP contribution >= 0.6 is 0 Å². The molecule has 1 aliphatic heterocycles. The summed E-state index contributed by atoms with van der Waals surface area (Å²) >= 11 is 0. The SMILES string of the molecule is CC(C)c1[nH]ccc1C(=O)NC(c1nccn1C)C1CCOCC1. The van der Waals surface area contributed by atoms with Crippen molar-refractivity contribution in [2.24, 2.45) is 13.0 Å². The van der Waals surface area contributed by atoms with Crippen molar-refractivity contribution in [1.29, 1.82) is 0 Å². The summed E-state index contributed by atoms with van der Waals surface area (Å²) in [6, 6.07) is 1.75. The molecular formula is C18H26N4O2. The summed E-state index contributed by atoms with van der Waals surface area (Å²) < 4.78 is 7.47. The van der Waals surface area contributed by atoms with Crippen molar-refractivity contribution in [2.45, 2.75) is 38.6 Å².